The van der Waals surface area contributed by atoms with E-state index in [1.165, 1.54) is 17.3 Å². The third-order valence-corrected chi connectivity index (χ3v) is 3.29. The minimum atomic E-state index is -0.526. The van der Waals surface area contributed by atoms with Gasteiger partial charge in [0.05, 0.1) is 11.3 Å². The van der Waals surface area contributed by atoms with E-state index >= 15 is 0 Å². The molecule has 0 fully saturated rings. The highest BCUT2D eigenvalue weighted by molar-refractivity contribution is 6.32. The molecule has 3 heterocycles. The van der Waals surface area contributed by atoms with E-state index in [0.29, 0.717) is 29.1 Å². The first-order valence-corrected chi connectivity index (χ1v) is 6.57. The summed E-state index contributed by atoms with van der Waals surface area (Å²) in [6.07, 6.45) is 3.95. The highest BCUT2D eigenvalue weighted by Gasteiger charge is 2.28. The maximum atomic E-state index is 11.2. The Morgan fingerprint density at radius 3 is 2.95 bits per heavy atom. The van der Waals surface area contributed by atoms with Gasteiger partial charge in [-0.15, -0.1) is 0 Å². The topological polar surface area (TPSA) is 115 Å². The fourth-order valence-electron chi connectivity index (χ4n) is 2.07. The van der Waals surface area contributed by atoms with Crippen molar-refractivity contribution in [2.75, 3.05) is 0 Å². The molecule has 108 valence electrons. The summed E-state index contributed by atoms with van der Waals surface area (Å²) in [6, 6.07) is 0. The van der Waals surface area contributed by atoms with Gasteiger partial charge in [-0.1, -0.05) is 24.9 Å². The van der Waals surface area contributed by atoms with Gasteiger partial charge < -0.3 is 4.98 Å². The first-order chi connectivity index (χ1) is 10.1. The van der Waals surface area contributed by atoms with Crippen LogP contribution in [0.2, 0.25) is 5.15 Å². The summed E-state index contributed by atoms with van der Waals surface area (Å²) in [7, 11) is 0. The first kappa shape index (κ1) is 13.4. The molecule has 0 amide bonds. The predicted molar refractivity (Wildman–Crippen MR) is 74.5 cm³/mol. The number of H-pyrrole nitrogens is 1. The van der Waals surface area contributed by atoms with E-state index in [0.717, 1.165) is 6.42 Å². The number of nitro groups is 1. The zero-order valence-corrected chi connectivity index (χ0v) is 11.7. The molecule has 0 aliphatic rings. The Hall–Kier alpha value is -2.55. The van der Waals surface area contributed by atoms with Crippen molar-refractivity contribution in [2.24, 2.45) is 0 Å². The van der Waals surface area contributed by atoms with Crippen molar-refractivity contribution in [3.63, 3.8) is 0 Å². The molecule has 1 N–H and O–H groups in total. The van der Waals surface area contributed by atoms with Crippen molar-refractivity contribution in [1.29, 1.82) is 0 Å². The van der Waals surface area contributed by atoms with Crippen molar-refractivity contribution in [1.82, 2.24) is 29.7 Å². The van der Waals surface area contributed by atoms with Gasteiger partial charge >= 0.3 is 5.69 Å². The lowest BCUT2D eigenvalue weighted by atomic mass is 10.2. The van der Waals surface area contributed by atoms with Gasteiger partial charge in [0.1, 0.15) is 17.5 Å². The van der Waals surface area contributed by atoms with E-state index in [2.05, 4.69) is 25.0 Å². The van der Waals surface area contributed by atoms with Gasteiger partial charge in [-0.3, -0.25) is 10.1 Å². The predicted octanol–water partition coefficient (Wildman–Crippen LogP) is 2.05. The van der Waals surface area contributed by atoms with Crippen molar-refractivity contribution < 1.29 is 4.92 Å². The molecule has 0 aliphatic heterocycles. The summed E-state index contributed by atoms with van der Waals surface area (Å²) in [4.78, 5) is 25.6. The number of aromatic amines is 1. The smallest absolute Gasteiger partial charge is 0.329 e. The molecule has 0 aromatic carbocycles. The third-order valence-electron chi connectivity index (χ3n) is 2.95. The van der Waals surface area contributed by atoms with Crippen LogP contribution in [0.3, 0.4) is 0 Å². The molecule has 10 heteroatoms. The summed E-state index contributed by atoms with van der Waals surface area (Å²) in [6.45, 7) is 1.91. The van der Waals surface area contributed by atoms with Gasteiger partial charge in [0, 0.05) is 0 Å². The van der Waals surface area contributed by atoms with Gasteiger partial charge in [0.2, 0.25) is 5.15 Å². The quantitative estimate of drug-likeness (QED) is 0.582. The van der Waals surface area contributed by atoms with Crippen LogP contribution < -0.4 is 0 Å². The van der Waals surface area contributed by atoms with Gasteiger partial charge in [-0.2, -0.15) is 9.78 Å². The molecule has 0 bridgehead atoms. The second kappa shape index (κ2) is 5.09. The number of aromatic nitrogens is 6. The maximum absolute atomic E-state index is 11.2. The Kier molecular flexibility index (Phi) is 3.26. The first-order valence-electron chi connectivity index (χ1n) is 6.19. The molecule has 0 unspecified atom stereocenters. The third kappa shape index (κ3) is 2.11. The fourth-order valence-corrected chi connectivity index (χ4v) is 2.37. The molecule has 0 atom stereocenters. The number of halogens is 1. The fraction of sp³-hybridized carbons (Fsp3) is 0.273. The molecule has 21 heavy (non-hydrogen) atoms. The van der Waals surface area contributed by atoms with E-state index < -0.39 is 4.92 Å². The van der Waals surface area contributed by atoms with Crippen molar-refractivity contribution >= 4 is 28.5 Å². The summed E-state index contributed by atoms with van der Waals surface area (Å²) in [5.41, 5.74) is 1.09. The van der Waals surface area contributed by atoms with Gasteiger partial charge in [0.25, 0.3) is 0 Å². The number of hydrogen-bond donors (Lipinski definition) is 1. The summed E-state index contributed by atoms with van der Waals surface area (Å²) < 4.78 is 1.24. The van der Waals surface area contributed by atoms with Crippen LogP contribution in [0, 0.1) is 10.1 Å². The van der Waals surface area contributed by atoms with E-state index in [1.807, 2.05) is 6.92 Å². The lowest BCUT2D eigenvalue weighted by molar-refractivity contribution is -0.385. The van der Waals surface area contributed by atoms with E-state index in [-0.39, 0.29) is 10.8 Å². The van der Waals surface area contributed by atoms with Crippen LogP contribution in [0.5, 0.6) is 0 Å². The summed E-state index contributed by atoms with van der Waals surface area (Å²) >= 11 is 6.13. The summed E-state index contributed by atoms with van der Waals surface area (Å²) in [5.74, 6) is 0.327. The Balaban J connectivity index is 2.25. The Bertz CT molecular complexity index is 825. The number of nitrogens with zero attached hydrogens (tertiary/aromatic N) is 6. The molecule has 9 nitrogen and oxygen atoms in total. The molecule has 3 aromatic rings. The Morgan fingerprint density at radius 2 is 2.24 bits per heavy atom. The van der Waals surface area contributed by atoms with Gasteiger partial charge in [0.15, 0.2) is 11.5 Å². The van der Waals surface area contributed by atoms with E-state index in [1.54, 1.807) is 0 Å². The van der Waals surface area contributed by atoms with Crippen LogP contribution in [0.25, 0.3) is 17.0 Å². The SMILES string of the molecule is CCCc1nn(-c2ncnc3nc[nH]c23)c(Cl)c1[N+](=O)[O-]. The molecular weight excluding hydrogens is 298 g/mol. The van der Waals surface area contributed by atoms with Crippen LogP contribution in [0.15, 0.2) is 12.7 Å². The molecule has 0 saturated heterocycles. The van der Waals surface area contributed by atoms with Crippen LogP contribution in [0.4, 0.5) is 5.69 Å². The molecule has 3 aromatic heterocycles. The largest absolute Gasteiger partial charge is 0.340 e. The molecular formula is C11H10ClN7O2. The Morgan fingerprint density at radius 1 is 1.43 bits per heavy atom. The van der Waals surface area contributed by atoms with Crippen molar-refractivity contribution in [2.45, 2.75) is 19.8 Å². The Labute approximate surface area is 123 Å². The zero-order chi connectivity index (χ0) is 15.0. The standard InChI is InChI=1S/C11H10ClN7O2/c1-2-3-6-8(19(20)21)9(12)18(17-6)11-7-10(14-4-13-7)15-5-16-11/h4-5H,2-3H2,1H3,(H,13,14,15,16). The molecule has 0 saturated carbocycles. The number of rotatable bonds is 4. The van der Waals surface area contributed by atoms with Crippen LogP contribution >= 0.6 is 11.6 Å². The number of imidazole rings is 1. The monoisotopic (exact) mass is 307 g/mol. The van der Waals surface area contributed by atoms with Gasteiger partial charge in [-0.05, 0) is 6.42 Å². The maximum Gasteiger partial charge on any atom is 0.329 e. The normalized spacial score (nSPS) is 11.1. The van der Waals surface area contributed by atoms with Gasteiger partial charge in [-0.25, -0.2) is 15.0 Å². The van der Waals surface area contributed by atoms with Crippen LogP contribution in [-0.4, -0.2) is 34.6 Å². The highest BCUT2D eigenvalue weighted by atomic mass is 35.5. The number of aryl methyl sites for hydroxylation is 1. The minimum Gasteiger partial charge on any atom is -0.340 e. The second-order valence-electron chi connectivity index (χ2n) is 4.30. The number of nitrogens with one attached hydrogen (secondary N) is 1. The molecule has 3 rings (SSSR count). The van der Waals surface area contributed by atoms with E-state index in [4.69, 9.17) is 11.6 Å². The number of hydrogen-bond acceptors (Lipinski definition) is 6. The molecule has 0 radical (unpaired) electrons. The highest BCUT2D eigenvalue weighted by Crippen LogP contribution is 2.32. The lowest BCUT2D eigenvalue weighted by Crippen LogP contribution is -2.02. The second-order valence-corrected chi connectivity index (χ2v) is 4.66. The number of fused-ring (bicyclic) bond motifs is 1. The molecule has 0 spiro atoms. The zero-order valence-electron chi connectivity index (χ0n) is 10.9. The van der Waals surface area contributed by atoms with Crippen LogP contribution in [-0.2, 0) is 6.42 Å². The van der Waals surface area contributed by atoms with Crippen molar-refractivity contribution in [3.05, 3.63) is 33.6 Å². The van der Waals surface area contributed by atoms with Crippen molar-refractivity contribution in [3.8, 4) is 5.82 Å². The van der Waals surface area contributed by atoms with E-state index in [9.17, 15) is 10.1 Å². The minimum absolute atomic E-state index is 0.0851. The van der Waals surface area contributed by atoms with Crippen LogP contribution in [0.1, 0.15) is 19.0 Å². The summed E-state index contributed by atoms with van der Waals surface area (Å²) in [5, 5.41) is 15.3. The average Bonchev–Trinajstić information content (AvgIpc) is 3.03. The lowest BCUT2D eigenvalue weighted by Gasteiger charge is -2.01. The molecule has 0 aliphatic carbocycles. The average molecular weight is 308 g/mol.